The van der Waals surface area contributed by atoms with E-state index in [0.717, 1.165) is 25.7 Å². The lowest BCUT2D eigenvalue weighted by Gasteiger charge is -2.27. The highest BCUT2D eigenvalue weighted by Gasteiger charge is 2.26. The first-order chi connectivity index (χ1) is 9.52. The van der Waals surface area contributed by atoms with E-state index in [4.69, 9.17) is 5.11 Å². The number of hydrogen-bond donors (Lipinski definition) is 1. The maximum Gasteiger partial charge on any atom is 0.335 e. The van der Waals surface area contributed by atoms with E-state index in [2.05, 4.69) is 6.92 Å². The first kappa shape index (κ1) is 15.2. The molecule has 0 heterocycles. The lowest BCUT2D eigenvalue weighted by atomic mass is 9.87. The lowest BCUT2D eigenvalue weighted by molar-refractivity contribution is 0.0696. The molecule has 4 heteroatoms. The summed E-state index contributed by atoms with van der Waals surface area (Å²) in [6.07, 6.45) is 5.49. The monoisotopic (exact) mass is 294 g/mol. The molecule has 3 nitrogen and oxygen atoms in total. The summed E-state index contributed by atoms with van der Waals surface area (Å²) in [6.45, 7) is 3.95. The Kier molecular flexibility index (Phi) is 4.97. The summed E-state index contributed by atoms with van der Waals surface area (Å²) in [7, 11) is -1.09. The van der Waals surface area contributed by atoms with Crippen molar-refractivity contribution in [3.05, 3.63) is 29.3 Å². The van der Waals surface area contributed by atoms with Gasteiger partial charge in [-0.15, -0.1) is 0 Å². The van der Waals surface area contributed by atoms with E-state index in [0.29, 0.717) is 16.4 Å². The van der Waals surface area contributed by atoms with Crippen molar-refractivity contribution < 1.29 is 14.1 Å². The molecule has 1 fully saturated rings. The van der Waals surface area contributed by atoms with Crippen LogP contribution >= 0.6 is 0 Å². The summed E-state index contributed by atoms with van der Waals surface area (Å²) < 4.78 is 12.7. The van der Waals surface area contributed by atoms with Crippen molar-refractivity contribution >= 4 is 16.8 Å². The summed E-state index contributed by atoms with van der Waals surface area (Å²) in [5, 5.41) is 9.34. The molecule has 1 aliphatic carbocycles. The molecule has 0 bridgehead atoms. The zero-order chi connectivity index (χ0) is 14.7. The minimum atomic E-state index is -1.09. The van der Waals surface area contributed by atoms with Gasteiger partial charge in [-0.25, -0.2) is 4.79 Å². The van der Waals surface area contributed by atoms with Gasteiger partial charge in [0.25, 0.3) is 0 Å². The van der Waals surface area contributed by atoms with Gasteiger partial charge in [0.15, 0.2) is 0 Å². The minimum absolute atomic E-state index is 0.179. The second kappa shape index (κ2) is 6.53. The molecular formula is C16H22O3S. The van der Waals surface area contributed by atoms with Crippen molar-refractivity contribution in [2.24, 2.45) is 5.92 Å². The Bertz CT molecular complexity index is 524. The molecule has 0 spiro atoms. The molecule has 1 aliphatic rings. The van der Waals surface area contributed by atoms with Crippen molar-refractivity contribution in [2.75, 3.05) is 0 Å². The first-order valence-corrected chi connectivity index (χ1v) is 8.48. The predicted molar refractivity (Wildman–Crippen MR) is 80.6 cm³/mol. The van der Waals surface area contributed by atoms with E-state index in [9.17, 15) is 9.00 Å². The highest BCUT2D eigenvalue weighted by atomic mass is 32.2. The number of aromatic carboxylic acids is 1. The molecule has 3 atom stereocenters. The van der Waals surface area contributed by atoms with Crippen LogP contribution in [0.2, 0.25) is 0 Å². The lowest BCUT2D eigenvalue weighted by Crippen LogP contribution is -2.24. The Balaban J connectivity index is 2.20. The van der Waals surface area contributed by atoms with Crippen molar-refractivity contribution in [2.45, 2.75) is 56.1 Å². The van der Waals surface area contributed by atoms with Crippen molar-refractivity contribution in [3.63, 3.8) is 0 Å². The van der Waals surface area contributed by atoms with Crippen LogP contribution in [0.4, 0.5) is 0 Å². The van der Waals surface area contributed by atoms with Gasteiger partial charge in [0.2, 0.25) is 0 Å². The number of carbonyl (C=O) groups is 1. The molecule has 0 radical (unpaired) electrons. The summed E-state index contributed by atoms with van der Waals surface area (Å²) in [5.74, 6) is -0.279. The SMILES string of the molecule is CCC1CCCC(S(=O)c2ccc(C)c(C(=O)O)c2)C1. The van der Waals surface area contributed by atoms with Crippen LogP contribution in [-0.2, 0) is 10.8 Å². The Labute approximate surface area is 122 Å². The molecule has 0 saturated heterocycles. The molecule has 20 heavy (non-hydrogen) atoms. The second-order valence-corrected chi connectivity index (χ2v) is 7.38. The van der Waals surface area contributed by atoms with Crippen LogP contribution in [0.3, 0.4) is 0 Å². The van der Waals surface area contributed by atoms with Crippen LogP contribution in [0.5, 0.6) is 0 Å². The Morgan fingerprint density at radius 3 is 2.80 bits per heavy atom. The van der Waals surface area contributed by atoms with E-state index in [1.807, 2.05) is 6.07 Å². The van der Waals surface area contributed by atoms with Crippen LogP contribution in [0.25, 0.3) is 0 Å². The smallest absolute Gasteiger partial charge is 0.335 e. The third-order valence-corrected chi connectivity index (χ3v) is 6.04. The van der Waals surface area contributed by atoms with Gasteiger partial charge in [-0.2, -0.15) is 0 Å². The fourth-order valence-electron chi connectivity index (χ4n) is 2.96. The van der Waals surface area contributed by atoms with E-state index in [-0.39, 0.29) is 10.8 Å². The molecule has 0 amide bonds. The van der Waals surface area contributed by atoms with Gasteiger partial charge in [-0.1, -0.05) is 32.3 Å². The van der Waals surface area contributed by atoms with E-state index >= 15 is 0 Å². The van der Waals surface area contributed by atoms with Crippen LogP contribution in [0.1, 0.15) is 54.9 Å². The molecule has 1 aromatic rings. The van der Waals surface area contributed by atoms with Crippen molar-refractivity contribution in [3.8, 4) is 0 Å². The van der Waals surface area contributed by atoms with Crippen molar-refractivity contribution in [1.82, 2.24) is 0 Å². The summed E-state index contributed by atoms with van der Waals surface area (Å²) in [6, 6.07) is 5.16. The minimum Gasteiger partial charge on any atom is -0.478 e. The number of rotatable bonds is 4. The molecule has 3 unspecified atom stereocenters. The van der Waals surface area contributed by atoms with Gasteiger partial charge in [0.05, 0.1) is 16.4 Å². The van der Waals surface area contributed by atoms with Crippen LogP contribution in [0.15, 0.2) is 23.1 Å². The molecule has 1 aromatic carbocycles. The zero-order valence-electron chi connectivity index (χ0n) is 12.1. The number of hydrogen-bond acceptors (Lipinski definition) is 2. The molecule has 2 rings (SSSR count). The molecule has 0 aromatic heterocycles. The van der Waals surface area contributed by atoms with E-state index in [1.54, 1.807) is 19.1 Å². The molecule has 1 saturated carbocycles. The maximum absolute atomic E-state index is 12.7. The predicted octanol–water partition coefficient (Wildman–Crippen LogP) is 3.77. The molecular weight excluding hydrogens is 272 g/mol. The van der Waals surface area contributed by atoms with E-state index < -0.39 is 16.8 Å². The number of benzene rings is 1. The van der Waals surface area contributed by atoms with Gasteiger partial charge >= 0.3 is 5.97 Å². The Morgan fingerprint density at radius 1 is 1.40 bits per heavy atom. The van der Waals surface area contributed by atoms with Crippen molar-refractivity contribution in [1.29, 1.82) is 0 Å². The number of carboxylic acid groups (broad SMARTS) is 1. The molecule has 1 N–H and O–H groups in total. The van der Waals surface area contributed by atoms with Crippen LogP contribution in [-0.4, -0.2) is 20.5 Å². The average molecular weight is 294 g/mol. The molecule has 110 valence electrons. The van der Waals surface area contributed by atoms with Crippen LogP contribution in [0, 0.1) is 12.8 Å². The average Bonchev–Trinajstić information content (AvgIpc) is 2.46. The molecule has 0 aliphatic heterocycles. The summed E-state index contributed by atoms with van der Waals surface area (Å²) in [4.78, 5) is 11.8. The van der Waals surface area contributed by atoms with Gasteiger partial charge in [0, 0.05) is 10.1 Å². The van der Waals surface area contributed by atoms with Crippen LogP contribution < -0.4 is 0 Å². The standard InChI is InChI=1S/C16H22O3S/c1-3-12-5-4-6-13(9-12)20(19)14-8-7-11(2)15(10-14)16(17)18/h7-8,10,12-13H,3-6,9H2,1-2H3,(H,17,18). The van der Waals surface area contributed by atoms with Gasteiger partial charge in [-0.3, -0.25) is 4.21 Å². The number of aryl methyl sites for hydroxylation is 1. The summed E-state index contributed by atoms with van der Waals surface area (Å²) in [5.41, 5.74) is 0.979. The maximum atomic E-state index is 12.7. The van der Waals surface area contributed by atoms with Gasteiger partial charge in [0.1, 0.15) is 0 Å². The normalized spacial score (nSPS) is 24.3. The van der Waals surface area contributed by atoms with E-state index in [1.165, 1.54) is 6.42 Å². The third kappa shape index (κ3) is 3.29. The Hall–Kier alpha value is -1.16. The quantitative estimate of drug-likeness (QED) is 0.919. The zero-order valence-corrected chi connectivity index (χ0v) is 12.9. The number of carboxylic acids is 1. The second-order valence-electron chi connectivity index (χ2n) is 5.64. The first-order valence-electron chi connectivity index (χ1n) is 7.27. The summed E-state index contributed by atoms with van der Waals surface area (Å²) >= 11 is 0. The van der Waals surface area contributed by atoms with Gasteiger partial charge < -0.3 is 5.11 Å². The topological polar surface area (TPSA) is 54.4 Å². The highest BCUT2D eigenvalue weighted by molar-refractivity contribution is 7.85. The fourth-order valence-corrected chi connectivity index (χ4v) is 4.60. The Morgan fingerprint density at radius 2 is 2.15 bits per heavy atom. The highest BCUT2D eigenvalue weighted by Crippen LogP contribution is 2.32. The fraction of sp³-hybridized carbons (Fsp3) is 0.562. The largest absolute Gasteiger partial charge is 0.478 e. The third-order valence-electron chi connectivity index (χ3n) is 4.29. The van der Waals surface area contributed by atoms with Gasteiger partial charge in [-0.05, 0) is 43.4 Å².